The van der Waals surface area contributed by atoms with Crippen LogP contribution in [-0.4, -0.2) is 25.0 Å². The Morgan fingerprint density at radius 2 is 1.79 bits per heavy atom. The van der Waals surface area contributed by atoms with Gasteiger partial charge in [0.25, 0.3) is 5.56 Å². The quantitative estimate of drug-likeness (QED) is 0.470. The van der Waals surface area contributed by atoms with E-state index in [1.54, 1.807) is 18.3 Å². The van der Waals surface area contributed by atoms with Crippen molar-refractivity contribution in [3.63, 3.8) is 0 Å². The summed E-state index contributed by atoms with van der Waals surface area (Å²) in [6.07, 6.45) is 2.74. The summed E-state index contributed by atoms with van der Waals surface area (Å²) in [6.45, 7) is 0.473. The SMILES string of the molecule is O=c1ccccn1-n1nnc(CCc2cc(Cl)ccc2OCc2ccccc2)n1. The Balaban J connectivity index is 1.46. The third-order valence-electron chi connectivity index (χ3n) is 4.32. The number of aromatic nitrogens is 5. The Hall–Kier alpha value is -3.45. The first-order valence-corrected chi connectivity index (χ1v) is 9.49. The van der Waals surface area contributed by atoms with E-state index in [0.717, 1.165) is 16.9 Å². The van der Waals surface area contributed by atoms with Crippen LogP contribution in [0.15, 0.2) is 77.7 Å². The molecule has 8 heteroatoms. The van der Waals surface area contributed by atoms with Crippen LogP contribution in [-0.2, 0) is 19.4 Å². The van der Waals surface area contributed by atoms with Crippen molar-refractivity contribution >= 4 is 11.6 Å². The fourth-order valence-electron chi connectivity index (χ4n) is 2.86. The number of rotatable bonds is 7. The van der Waals surface area contributed by atoms with Gasteiger partial charge in [-0.05, 0) is 47.0 Å². The summed E-state index contributed by atoms with van der Waals surface area (Å²) in [5.41, 5.74) is 1.82. The van der Waals surface area contributed by atoms with Crippen molar-refractivity contribution in [1.82, 2.24) is 25.0 Å². The number of hydrogen-bond donors (Lipinski definition) is 0. The zero-order chi connectivity index (χ0) is 20.1. The van der Waals surface area contributed by atoms with Crippen LogP contribution in [0.3, 0.4) is 0 Å². The van der Waals surface area contributed by atoms with Crippen LogP contribution in [0.1, 0.15) is 17.0 Å². The minimum Gasteiger partial charge on any atom is -0.489 e. The Kier molecular flexibility index (Phi) is 5.67. The van der Waals surface area contributed by atoms with E-state index < -0.39 is 0 Å². The number of pyridine rings is 1. The van der Waals surface area contributed by atoms with Crippen LogP contribution >= 0.6 is 11.6 Å². The van der Waals surface area contributed by atoms with E-state index in [2.05, 4.69) is 15.4 Å². The molecule has 0 unspecified atom stereocenters. The van der Waals surface area contributed by atoms with E-state index in [4.69, 9.17) is 16.3 Å². The van der Waals surface area contributed by atoms with Crippen molar-refractivity contribution in [1.29, 1.82) is 0 Å². The van der Waals surface area contributed by atoms with E-state index in [1.165, 1.54) is 15.6 Å². The van der Waals surface area contributed by atoms with E-state index in [-0.39, 0.29) is 5.56 Å². The van der Waals surface area contributed by atoms with E-state index in [0.29, 0.717) is 30.3 Å². The van der Waals surface area contributed by atoms with Gasteiger partial charge in [-0.25, -0.2) is 0 Å². The van der Waals surface area contributed by atoms with Crippen LogP contribution in [0.4, 0.5) is 0 Å². The van der Waals surface area contributed by atoms with Gasteiger partial charge in [0, 0.05) is 23.7 Å². The summed E-state index contributed by atoms with van der Waals surface area (Å²) in [4.78, 5) is 13.1. The third kappa shape index (κ3) is 4.70. The maximum absolute atomic E-state index is 11.9. The predicted molar refractivity (Wildman–Crippen MR) is 109 cm³/mol. The number of nitrogens with zero attached hydrogens (tertiary/aromatic N) is 5. The Bertz CT molecular complexity index is 1160. The highest BCUT2D eigenvalue weighted by Gasteiger charge is 2.10. The standard InChI is InChI=1S/C21H18ClN5O2/c22-18-10-11-19(29-15-16-6-2-1-3-7-16)17(14-18)9-12-20-23-25-27(24-20)26-13-5-4-8-21(26)28/h1-8,10-11,13-14H,9,12,15H2. The first-order valence-electron chi connectivity index (χ1n) is 9.11. The summed E-state index contributed by atoms with van der Waals surface area (Å²) in [6, 6.07) is 20.4. The minimum atomic E-state index is -0.233. The average molecular weight is 408 g/mol. The number of benzene rings is 2. The molecule has 2 aromatic heterocycles. The van der Waals surface area contributed by atoms with Crippen molar-refractivity contribution < 1.29 is 4.74 Å². The summed E-state index contributed by atoms with van der Waals surface area (Å²) < 4.78 is 7.27. The molecule has 0 radical (unpaired) electrons. The lowest BCUT2D eigenvalue weighted by molar-refractivity contribution is 0.303. The monoisotopic (exact) mass is 407 g/mol. The Labute approximate surface area is 172 Å². The largest absolute Gasteiger partial charge is 0.489 e. The molecule has 0 bridgehead atoms. The second-order valence-electron chi connectivity index (χ2n) is 6.38. The van der Waals surface area contributed by atoms with Gasteiger partial charge >= 0.3 is 0 Å². The summed E-state index contributed by atoms with van der Waals surface area (Å²) >= 11 is 6.18. The van der Waals surface area contributed by atoms with Gasteiger partial charge in [-0.2, -0.15) is 4.68 Å². The summed E-state index contributed by atoms with van der Waals surface area (Å²) in [5.74, 6) is 1.29. The van der Waals surface area contributed by atoms with E-state index >= 15 is 0 Å². The molecule has 0 saturated carbocycles. The van der Waals surface area contributed by atoms with Crippen LogP contribution in [0.5, 0.6) is 5.75 Å². The molecule has 0 fully saturated rings. The number of hydrogen-bond acceptors (Lipinski definition) is 5. The topological polar surface area (TPSA) is 74.8 Å². The zero-order valence-corrected chi connectivity index (χ0v) is 16.2. The smallest absolute Gasteiger partial charge is 0.272 e. The number of tetrazole rings is 1. The third-order valence-corrected chi connectivity index (χ3v) is 4.55. The first-order chi connectivity index (χ1) is 14.2. The molecule has 146 valence electrons. The number of ether oxygens (including phenoxy) is 1. The molecule has 7 nitrogen and oxygen atoms in total. The molecule has 0 aliphatic heterocycles. The van der Waals surface area contributed by atoms with E-state index in [9.17, 15) is 4.79 Å². The second kappa shape index (κ2) is 8.70. The molecule has 0 atom stereocenters. The van der Waals surface area contributed by atoms with Gasteiger partial charge < -0.3 is 4.74 Å². The number of aryl methyl sites for hydroxylation is 2. The molecule has 0 N–H and O–H groups in total. The second-order valence-corrected chi connectivity index (χ2v) is 6.82. The van der Waals surface area contributed by atoms with Crippen molar-refractivity contribution in [3.8, 4) is 5.75 Å². The van der Waals surface area contributed by atoms with E-state index in [1.807, 2.05) is 48.5 Å². The maximum Gasteiger partial charge on any atom is 0.272 e. The fraction of sp³-hybridized carbons (Fsp3) is 0.143. The van der Waals surface area contributed by atoms with Crippen LogP contribution < -0.4 is 10.3 Å². The summed E-state index contributed by atoms with van der Waals surface area (Å²) in [5, 5.41) is 12.9. The molecule has 4 aromatic rings. The molecular weight excluding hydrogens is 390 g/mol. The fourth-order valence-corrected chi connectivity index (χ4v) is 3.05. The molecule has 29 heavy (non-hydrogen) atoms. The van der Waals surface area contributed by atoms with Crippen LogP contribution in [0, 0.1) is 0 Å². The molecular formula is C21H18ClN5O2. The van der Waals surface area contributed by atoms with Crippen LogP contribution in [0.2, 0.25) is 5.02 Å². The predicted octanol–water partition coefficient (Wildman–Crippen LogP) is 3.16. The Morgan fingerprint density at radius 3 is 2.62 bits per heavy atom. The molecule has 0 amide bonds. The van der Waals surface area contributed by atoms with Gasteiger partial charge in [0.2, 0.25) is 0 Å². The molecule has 0 aliphatic rings. The van der Waals surface area contributed by atoms with Gasteiger partial charge in [-0.3, -0.25) is 4.79 Å². The van der Waals surface area contributed by atoms with Gasteiger partial charge in [0.1, 0.15) is 12.4 Å². The molecule has 2 aromatic carbocycles. The highest BCUT2D eigenvalue weighted by atomic mass is 35.5. The normalized spacial score (nSPS) is 10.8. The summed E-state index contributed by atoms with van der Waals surface area (Å²) in [7, 11) is 0. The highest BCUT2D eigenvalue weighted by Crippen LogP contribution is 2.25. The highest BCUT2D eigenvalue weighted by molar-refractivity contribution is 6.30. The number of halogens is 1. The Morgan fingerprint density at radius 1 is 0.966 bits per heavy atom. The van der Waals surface area contributed by atoms with Crippen molar-refractivity contribution in [3.05, 3.63) is 105 Å². The lowest BCUT2D eigenvalue weighted by Gasteiger charge is -2.11. The first kappa shape index (κ1) is 18.9. The average Bonchev–Trinajstić information content (AvgIpc) is 3.21. The maximum atomic E-state index is 11.9. The van der Waals surface area contributed by atoms with Gasteiger partial charge in [-0.1, -0.05) is 52.9 Å². The van der Waals surface area contributed by atoms with Crippen molar-refractivity contribution in [2.45, 2.75) is 19.4 Å². The van der Waals surface area contributed by atoms with Gasteiger partial charge in [-0.15, -0.1) is 10.2 Å². The molecule has 0 aliphatic carbocycles. The zero-order valence-electron chi connectivity index (χ0n) is 15.5. The van der Waals surface area contributed by atoms with Crippen molar-refractivity contribution in [2.75, 3.05) is 0 Å². The minimum absolute atomic E-state index is 0.233. The van der Waals surface area contributed by atoms with Crippen LogP contribution in [0.25, 0.3) is 0 Å². The lowest BCUT2D eigenvalue weighted by Crippen LogP contribution is -2.26. The van der Waals surface area contributed by atoms with Gasteiger partial charge in [0.15, 0.2) is 5.82 Å². The molecule has 0 saturated heterocycles. The molecule has 2 heterocycles. The van der Waals surface area contributed by atoms with Gasteiger partial charge in [0.05, 0.1) is 0 Å². The van der Waals surface area contributed by atoms with Crippen molar-refractivity contribution in [2.24, 2.45) is 0 Å². The molecule has 0 spiro atoms. The lowest BCUT2D eigenvalue weighted by atomic mass is 10.1. The molecule has 4 rings (SSSR count).